The minimum absolute atomic E-state index is 0.0208. The van der Waals surface area contributed by atoms with Crippen molar-refractivity contribution >= 4 is 23.5 Å². The van der Waals surface area contributed by atoms with Gasteiger partial charge < -0.3 is 10.1 Å². The van der Waals surface area contributed by atoms with E-state index in [1.807, 2.05) is 13.8 Å². The molecule has 0 aromatic rings. The molecule has 0 aromatic carbocycles. The zero-order valence-corrected chi connectivity index (χ0v) is 20.8. The highest BCUT2D eigenvalue weighted by Crippen LogP contribution is 2.33. The van der Waals surface area contributed by atoms with Gasteiger partial charge in [-0.2, -0.15) is 0 Å². The van der Waals surface area contributed by atoms with Crippen LogP contribution in [0.25, 0.3) is 0 Å². The summed E-state index contributed by atoms with van der Waals surface area (Å²) in [6, 6.07) is -0.0861. The summed E-state index contributed by atoms with van der Waals surface area (Å²) in [6.45, 7) is 4.91. The maximum absolute atomic E-state index is 14.0. The zero-order chi connectivity index (χ0) is 24.7. The Kier molecular flexibility index (Phi) is 10.7. The number of nitrogens with one attached hydrogen (secondary N) is 4. The maximum atomic E-state index is 14.0. The first-order valence-electron chi connectivity index (χ1n) is 12.5. The lowest BCUT2D eigenvalue weighted by atomic mass is 9.81. The minimum Gasteiger partial charge on any atom is -0.379 e. The fraction of sp³-hybridized carbons (Fsp3) is 0.913. The van der Waals surface area contributed by atoms with E-state index in [0.29, 0.717) is 57.6 Å². The van der Waals surface area contributed by atoms with E-state index in [1.54, 1.807) is 0 Å². The zero-order valence-electron chi connectivity index (χ0n) is 20.0. The summed E-state index contributed by atoms with van der Waals surface area (Å²) in [5, 5.41) is 5.47. The Morgan fingerprint density at radius 2 is 1.82 bits per heavy atom. The Balaban J connectivity index is 1.55. The first-order chi connectivity index (χ1) is 16.2. The number of rotatable bonds is 8. The highest BCUT2D eigenvalue weighted by molar-refractivity contribution is 6.21. The van der Waals surface area contributed by atoms with Crippen molar-refractivity contribution in [3.8, 4) is 0 Å². The van der Waals surface area contributed by atoms with Gasteiger partial charge >= 0.3 is 0 Å². The number of halogens is 4. The third kappa shape index (κ3) is 8.53. The fourth-order valence-electron chi connectivity index (χ4n) is 4.93. The number of carbonyl (C=O) groups is 1. The number of aliphatic imine (C=N–C) groups is 1. The van der Waals surface area contributed by atoms with E-state index < -0.39 is 29.8 Å². The number of guanidine groups is 1. The van der Waals surface area contributed by atoms with Gasteiger partial charge in [-0.05, 0) is 64.7 Å². The highest BCUT2D eigenvalue weighted by Gasteiger charge is 2.38. The van der Waals surface area contributed by atoms with Gasteiger partial charge in [0.15, 0.2) is 5.96 Å². The van der Waals surface area contributed by atoms with Gasteiger partial charge in [0.05, 0.1) is 17.6 Å². The predicted octanol–water partition coefficient (Wildman–Crippen LogP) is 3.28. The second kappa shape index (κ2) is 13.3. The molecule has 2 saturated carbocycles. The van der Waals surface area contributed by atoms with Crippen molar-refractivity contribution in [3.05, 3.63) is 0 Å². The SMILES string of the molecule is CC(C)OCCCN=C(NC(=O)C1CCC(Cl)C(F)C1)NC1CC(C2CC(F)CC(F)C2)NN1. The molecule has 0 aromatic heterocycles. The lowest BCUT2D eigenvalue weighted by Gasteiger charge is -2.31. The summed E-state index contributed by atoms with van der Waals surface area (Å²) in [7, 11) is 0. The molecule has 0 spiro atoms. The fourth-order valence-corrected chi connectivity index (χ4v) is 5.16. The molecule has 7 atom stereocenters. The number of amides is 1. The summed E-state index contributed by atoms with van der Waals surface area (Å²) >= 11 is 5.96. The van der Waals surface area contributed by atoms with Crippen molar-refractivity contribution in [2.75, 3.05) is 13.2 Å². The van der Waals surface area contributed by atoms with Crippen LogP contribution in [0.2, 0.25) is 0 Å². The molecule has 3 fully saturated rings. The third-order valence-electron chi connectivity index (χ3n) is 6.77. The van der Waals surface area contributed by atoms with Crippen molar-refractivity contribution in [2.45, 2.75) is 107 Å². The number of alkyl halides is 4. The molecule has 1 aliphatic heterocycles. The third-order valence-corrected chi connectivity index (χ3v) is 7.26. The second-order valence-electron chi connectivity index (χ2n) is 10.0. The van der Waals surface area contributed by atoms with Gasteiger partial charge in [0.2, 0.25) is 5.91 Å². The summed E-state index contributed by atoms with van der Waals surface area (Å²) in [5.41, 5.74) is 6.25. The van der Waals surface area contributed by atoms with E-state index in [0.717, 1.165) is 0 Å². The molecular formula is C23H39ClF3N5O2. The number of hydrogen-bond donors (Lipinski definition) is 4. The van der Waals surface area contributed by atoms with Gasteiger partial charge in [-0.15, -0.1) is 11.6 Å². The highest BCUT2D eigenvalue weighted by atomic mass is 35.5. The Morgan fingerprint density at radius 1 is 1.09 bits per heavy atom. The van der Waals surface area contributed by atoms with Crippen LogP contribution in [0.1, 0.15) is 65.2 Å². The van der Waals surface area contributed by atoms with Gasteiger partial charge in [0.1, 0.15) is 18.5 Å². The molecule has 0 radical (unpaired) electrons. The lowest BCUT2D eigenvalue weighted by Crippen LogP contribution is -2.52. The van der Waals surface area contributed by atoms with Crippen LogP contribution >= 0.6 is 11.6 Å². The average molecular weight is 510 g/mol. The van der Waals surface area contributed by atoms with E-state index in [9.17, 15) is 18.0 Å². The van der Waals surface area contributed by atoms with Crippen molar-refractivity contribution in [1.82, 2.24) is 21.5 Å². The topological polar surface area (TPSA) is 86.8 Å². The smallest absolute Gasteiger partial charge is 0.229 e. The molecule has 0 bridgehead atoms. The number of hydrazine groups is 1. The Bertz CT molecular complexity index is 679. The molecule has 4 N–H and O–H groups in total. The number of ether oxygens (including phenoxy) is 1. The van der Waals surface area contributed by atoms with E-state index in [-0.39, 0.29) is 43.0 Å². The van der Waals surface area contributed by atoms with Gasteiger partial charge in [-0.25, -0.2) is 18.6 Å². The van der Waals surface area contributed by atoms with Gasteiger partial charge in [0.25, 0.3) is 0 Å². The van der Waals surface area contributed by atoms with Gasteiger partial charge in [-0.3, -0.25) is 20.5 Å². The summed E-state index contributed by atoms with van der Waals surface area (Å²) in [6.07, 6.45) is -0.586. The van der Waals surface area contributed by atoms with Crippen molar-refractivity contribution in [3.63, 3.8) is 0 Å². The van der Waals surface area contributed by atoms with Gasteiger partial charge in [-0.1, -0.05) is 0 Å². The number of hydrogen-bond acceptors (Lipinski definition) is 5. The molecule has 11 heteroatoms. The summed E-state index contributed by atoms with van der Waals surface area (Å²) in [5.74, 6) is -0.554. The molecule has 196 valence electrons. The van der Waals surface area contributed by atoms with Crippen LogP contribution in [0, 0.1) is 11.8 Å². The first kappa shape index (κ1) is 27.5. The molecule has 1 amide bonds. The van der Waals surface area contributed by atoms with E-state index in [1.165, 1.54) is 0 Å². The molecule has 34 heavy (non-hydrogen) atoms. The van der Waals surface area contributed by atoms with Gasteiger partial charge in [0, 0.05) is 31.5 Å². The molecule has 7 nitrogen and oxygen atoms in total. The van der Waals surface area contributed by atoms with Crippen molar-refractivity contribution in [1.29, 1.82) is 0 Å². The van der Waals surface area contributed by atoms with Crippen LogP contribution in [0.3, 0.4) is 0 Å². The molecule has 1 saturated heterocycles. The molecule has 3 rings (SSSR count). The van der Waals surface area contributed by atoms with Crippen LogP contribution in [-0.4, -0.2) is 67.2 Å². The Morgan fingerprint density at radius 3 is 2.50 bits per heavy atom. The molecule has 7 unspecified atom stereocenters. The van der Waals surface area contributed by atoms with Crippen LogP contribution in [0.15, 0.2) is 4.99 Å². The van der Waals surface area contributed by atoms with Crippen LogP contribution in [-0.2, 0) is 9.53 Å². The quantitative estimate of drug-likeness (QED) is 0.175. The van der Waals surface area contributed by atoms with Crippen molar-refractivity contribution < 1.29 is 22.7 Å². The monoisotopic (exact) mass is 509 g/mol. The second-order valence-corrected chi connectivity index (χ2v) is 10.6. The minimum atomic E-state index is -1.21. The van der Waals surface area contributed by atoms with E-state index in [2.05, 4.69) is 26.5 Å². The number of nitrogens with zero attached hydrogens (tertiary/aromatic N) is 1. The van der Waals surface area contributed by atoms with Crippen LogP contribution < -0.4 is 21.5 Å². The molecular weight excluding hydrogens is 471 g/mol. The molecule has 1 heterocycles. The maximum Gasteiger partial charge on any atom is 0.229 e. The normalized spacial score (nSPS) is 37.1. The van der Waals surface area contributed by atoms with Crippen LogP contribution in [0.5, 0.6) is 0 Å². The Hall–Kier alpha value is -1.10. The van der Waals surface area contributed by atoms with E-state index >= 15 is 0 Å². The predicted molar refractivity (Wildman–Crippen MR) is 127 cm³/mol. The largest absolute Gasteiger partial charge is 0.379 e. The van der Waals surface area contributed by atoms with Crippen molar-refractivity contribution in [2.24, 2.45) is 16.8 Å². The molecule has 2 aliphatic carbocycles. The van der Waals surface area contributed by atoms with E-state index in [4.69, 9.17) is 16.3 Å². The van der Waals surface area contributed by atoms with Crippen LogP contribution in [0.4, 0.5) is 13.2 Å². The lowest BCUT2D eigenvalue weighted by molar-refractivity contribution is -0.125. The first-order valence-corrected chi connectivity index (χ1v) is 13.0. The summed E-state index contributed by atoms with van der Waals surface area (Å²) < 4.78 is 47.3. The Labute approximate surface area is 205 Å². The average Bonchev–Trinajstić information content (AvgIpc) is 3.23. The standard InChI is InChI=1S/C23H39ClF3N5O2/c1-13(2)34-7-3-6-28-23(30-22(33)14-4-5-18(24)19(27)10-14)29-21-12-20(31-32-21)15-8-16(25)11-17(26)9-15/h13-21,31-32H,3-12H2,1-2H3,(H2,28,29,30,33). The summed E-state index contributed by atoms with van der Waals surface area (Å²) in [4.78, 5) is 17.3. The number of carbonyl (C=O) groups excluding carboxylic acids is 1. The molecule has 3 aliphatic rings.